The van der Waals surface area contributed by atoms with Crippen LogP contribution in [-0.2, 0) is 0 Å². The van der Waals surface area contributed by atoms with Gasteiger partial charge in [-0.3, -0.25) is 0 Å². The van der Waals surface area contributed by atoms with Crippen LogP contribution in [0.15, 0.2) is 18.2 Å². The van der Waals surface area contributed by atoms with Gasteiger partial charge in [0.25, 0.3) is 0 Å². The van der Waals surface area contributed by atoms with Gasteiger partial charge in [0.05, 0.1) is 12.7 Å². The van der Waals surface area contributed by atoms with E-state index in [1.54, 1.807) is 25.1 Å². The van der Waals surface area contributed by atoms with Crippen molar-refractivity contribution in [3.05, 3.63) is 28.8 Å². The van der Waals surface area contributed by atoms with Gasteiger partial charge in [0.2, 0.25) is 0 Å². The summed E-state index contributed by atoms with van der Waals surface area (Å²) in [6.45, 7) is 6.51. The average molecular weight is 229 g/mol. The summed E-state index contributed by atoms with van der Waals surface area (Å²) in [5, 5.41) is 10.2. The molecule has 0 radical (unpaired) electrons. The van der Waals surface area contributed by atoms with Crippen LogP contribution in [-0.4, -0.2) is 11.7 Å². The average Bonchev–Trinajstić information content (AvgIpc) is 2.15. The number of rotatable bonds is 4. The molecule has 1 aromatic carbocycles. The number of hydrogen-bond donors (Lipinski definition) is 1. The molecule has 1 atom stereocenters. The zero-order valence-corrected chi connectivity index (χ0v) is 10.1. The highest BCUT2D eigenvalue weighted by Gasteiger charge is 2.10. The highest BCUT2D eigenvalue weighted by atomic mass is 35.5. The fourth-order valence-corrected chi connectivity index (χ4v) is 1.41. The third kappa shape index (κ3) is 3.73. The summed E-state index contributed by atoms with van der Waals surface area (Å²) in [5.41, 5.74) is 0.739. The number of ether oxygens (including phenoxy) is 1. The molecule has 0 aliphatic rings. The first-order valence-electron chi connectivity index (χ1n) is 5.11. The zero-order valence-electron chi connectivity index (χ0n) is 9.33. The molecule has 0 saturated heterocycles. The number of aliphatic hydroxyl groups is 1. The molecule has 3 heteroatoms. The largest absolute Gasteiger partial charge is 0.493 e. The van der Waals surface area contributed by atoms with E-state index in [1.165, 1.54) is 0 Å². The van der Waals surface area contributed by atoms with Crippen molar-refractivity contribution in [2.75, 3.05) is 6.61 Å². The Morgan fingerprint density at radius 2 is 2.00 bits per heavy atom. The van der Waals surface area contributed by atoms with Crippen LogP contribution in [0.25, 0.3) is 0 Å². The molecule has 0 spiro atoms. The van der Waals surface area contributed by atoms with Gasteiger partial charge in [0, 0.05) is 10.6 Å². The molecule has 2 nitrogen and oxygen atoms in total. The van der Waals surface area contributed by atoms with Crippen LogP contribution in [0.3, 0.4) is 0 Å². The van der Waals surface area contributed by atoms with Crippen molar-refractivity contribution in [2.45, 2.75) is 26.9 Å². The lowest BCUT2D eigenvalue weighted by molar-refractivity contribution is 0.188. The van der Waals surface area contributed by atoms with Crippen molar-refractivity contribution in [1.82, 2.24) is 0 Å². The minimum atomic E-state index is -0.564. The van der Waals surface area contributed by atoms with Gasteiger partial charge < -0.3 is 9.84 Å². The molecule has 1 N–H and O–H groups in total. The number of hydrogen-bond acceptors (Lipinski definition) is 2. The van der Waals surface area contributed by atoms with Crippen LogP contribution in [0.5, 0.6) is 5.75 Å². The second-order valence-corrected chi connectivity index (χ2v) is 4.50. The molecule has 0 aliphatic carbocycles. The molecule has 1 rings (SSSR count). The van der Waals surface area contributed by atoms with Gasteiger partial charge in [-0.25, -0.2) is 0 Å². The molecule has 0 fully saturated rings. The predicted octanol–water partition coefficient (Wildman–Crippen LogP) is 3.43. The standard InChI is InChI=1S/C12H17ClO2/c1-8(2)7-15-12-5-4-10(13)6-11(12)9(3)14/h4-6,8-9,14H,7H2,1-3H3/t9-/m0/s1. The first kappa shape index (κ1) is 12.3. The van der Waals surface area contributed by atoms with Crippen LogP contribution in [0.2, 0.25) is 5.02 Å². The van der Waals surface area contributed by atoms with E-state index < -0.39 is 6.10 Å². The first-order valence-corrected chi connectivity index (χ1v) is 5.48. The van der Waals surface area contributed by atoms with Gasteiger partial charge in [0.15, 0.2) is 0 Å². The number of benzene rings is 1. The summed E-state index contributed by atoms with van der Waals surface area (Å²) in [6.07, 6.45) is -0.564. The maximum absolute atomic E-state index is 9.56. The smallest absolute Gasteiger partial charge is 0.125 e. The monoisotopic (exact) mass is 228 g/mol. The van der Waals surface area contributed by atoms with Crippen molar-refractivity contribution in [1.29, 1.82) is 0 Å². The van der Waals surface area contributed by atoms with Crippen molar-refractivity contribution >= 4 is 11.6 Å². The predicted molar refractivity (Wildman–Crippen MR) is 62.4 cm³/mol. The summed E-state index contributed by atoms with van der Waals surface area (Å²) >= 11 is 5.86. The molecule has 0 heterocycles. The highest BCUT2D eigenvalue weighted by molar-refractivity contribution is 6.30. The van der Waals surface area contributed by atoms with E-state index in [4.69, 9.17) is 16.3 Å². The Morgan fingerprint density at radius 1 is 1.33 bits per heavy atom. The van der Waals surface area contributed by atoms with Crippen LogP contribution in [0.1, 0.15) is 32.4 Å². The minimum absolute atomic E-state index is 0.461. The lowest BCUT2D eigenvalue weighted by atomic mass is 10.1. The molecular weight excluding hydrogens is 212 g/mol. The summed E-state index contributed by atoms with van der Waals surface area (Å²) in [7, 11) is 0. The molecule has 0 aromatic heterocycles. The van der Waals surface area contributed by atoms with E-state index in [9.17, 15) is 5.11 Å². The topological polar surface area (TPSA) is 29.5 Å². The summed E-state index contributed by atoms with van der Waals surface area (Å²) in [4.78, 5) is 0. The molecule has 0 bridgehead atoms. The minimum Gasteiger partial charge on any atom is -0.493 e. The Kier molecular flexibility index (Phi) is 4.43. The SMILES string of the molecule is CC(C)COc1ccc(Cl)cc1[C@H](C)O. The maximum Gasteiger partial charge on any atom is 0.125 e. The fourth-order valence-electron chi connectivity index (χ4n) is 1.23. The highest BCUT2D eigenvalue weighted by Crippen LogP contribution is 2.28. The fraction of sp³-hybridized carbons (Fsp3) is 0.500. The maximum atomic E-state index is 9.56. The molecule has 1 aromatic rings. The van der Waals surface area contributed by atoms with Crippen LogP contribution < -0.4 is 4.74 Å². The third-order valence-corrected chi connectivity index (χ3v) is 2.23. The Morgan fingerprint density at radius 3 is 2.53 bits per heavy atom. The van der Waals surface area contributed by atoms with E-state index >= 15 is 0 Å². The normalized spacial score (nSPS) is 12.9. The molecule has 0 unspecified atom stereocenters. The van der Waals surface area contributed by atoms with E-state index in [-0.39, 0.29) is 0 Å². The van der Waals surface area contributed by atoms with Crippen molar-refractivity contribution in [3.8, 4) is 5.75 Å². The summed E-state index contributed by atoms with van der Waals surface area (Å²) in [5.74, 6) is 1.17. The molecular formula is C12H17ClO2. The quantitative estimate of drug-likeness (QED) is 0.856. The van der Waals surface area contributed by atoms with E-state index in [2.05, 4.69) is 13.8 Å². The molecule has 0 aliphatic heterocycles. The Hall–Kier alpha value is -0.730. The number of halogens is 1. The first-order chi connectivity index (χ1) is 7.00. The van der Waals surface area contributed by atoms with Crippen LogP contribution in [0, 0.1) is 5.92 Å². The van der Waals surface area contributed by atoms with Gasteiger partial charge in [-0.1, -0.05) is 25.4 Å². The number of aliphatic hydroxyl groups excluding tert-OH is 1. The Bertz CT molecular complexity index is 321. The molecule has 84 valence electrons. The molecule has 0 amide bonds. The van der Waals surface area contributed by atoms with Gasteiger partial charge in [0.1, 0.15) is 5.75 Å². The Balaban J connectivity index is 2.86. The Labute approximate surface area is 95.8 Å². The second-order valence-electron chi connectivity index (χ2n) is 4.06. The van der Waals surface area contributed by atoms with Crippen LogP contribution in [0.4, 0.5) is 0 Å². The lowest BCUT2D eigenvalue weighted by Gasteiger charge is -2.15. The summed E-state index contributed by atoms with van der Waals surface area (Å²) < 4.78 is 5.60. The summed E-state index contributed by atoms with van der Waals surface area (Å²) in [6, 6.07) is 5.30. The van der Waals surface area contributed by atoms with Crippen molar-refractivity contribution in [2.24, 2.45) is 5.92 Å². The van der Waals surface area contributed by atoms with Gasteiger partial charge >= 0.3 is 0 Å². The van der Waals surface area contributed by atoms with Gasteiger partial charge in [-0.15, -0.1) is 0 Å². The van der Waals surface area contributed by atoms with Gasteiger partial charge in [-0.2, -0.15) is 0 Å². The van der Waals surface area contributed by atoms with E-state index in [1.807, 2.05) is 0 Å². The second kappa shape index (κ2) is 5.38. The van der Waals surface area contributed by atoms with Crippen molar-refractivity contribution < 1.29 is 9.84 Å². The third-order valence-electron chi connectivity index (χ3n) is 1.99. The molecule has 0 saturated carbocycles. The van der Waals surface area contributed by atoms with Gasteiger partial charge in [-0.05, 0) is 31.0 Å². The van der Waals surface area contributed by atoms with E-state index in [0.717, 1.165) is 5.56 Å². The lowest BCUT2D eigenvalue weighted by Crippen LogP contribution is -2.07. The zero-order chi connectivity index (χ0) is 11.4. The van der Waals surface area contributed by atoms with E-state index in [0.29, 0.717) is 23.3 Å². The van der Waals surface area contributed by atoms with Crippen molar-refractivity contribution in [3.63, 3.8) is 0 Å². The van der Waals surface area contributed by atoms with Crippen LogP contribution >= 0.6 is 11.6 Å². The molecule has 15 heavy (non-hydrogen) atoms.